The second-order valence-electron chi connectivity index (χ2n) is 13.3. The average Bonchev–Trinajstić information content (AvgIpc) is 3.05. The van der Waals surface area contributed by atoms with Gasteiger partial charge < -0.3 is 19.1 Å². The molecule has 0 aliphatic carbocycles. The second-order valence-corrected chi connectivity index (χ2v) is 14.2. The summed E-state index contributed by atoms with van der Waals surface area (Å²) < 4.78 is 16.5. The van der Waals surface area contributed by atoms with Crippen LogP contribution in [-0.4, -0.2) is 67.9 Å². The van der Waals surface area contributed by atoms with Crippen LogP contribution >= 0.6 is 11.8 Å². The SMILES string of the molecule is CCCCCC/C=C\COC(=O)CCCCCCCC(CCCCCCCC(=O)OC/C=C\CCCCCC)OC(=O)CSCN(C)C. The molecule has 0 unspecified atom stereocenters. The molecule has 0 aromatic carbocycles. The van der Waals surface area contributed by atoms with Crippen LogP contribution < -0.4 is 0 Å². The Hall–Kier alpha value is -1.80. The fourth-order valence-electron chi connectivity index (χ4n) is 5.31. The van der Waals surface area contributed by atoms with Crippen molar-refractivity contribution in [1.29, 1.82) is 0 Å². The molecule has 48 heavy (non-hydrogen) atoms. The predicted octanol–water partition coefficient (Wildman–Crippen LogP) is 10.8. The topological polar surface area (TPSA) is 82.1 Å². The zero-order chi connectivity index (χ0) is 35.3. The minimum Gasteiger partial charge on any atom is -0.462 e. The molecule has 0 radical (unpaired) electrons. The third-order valence-corrected chi connectivity index (χ3v) is 9.28. The number of carbonyl (C=O) groups excluding carboxylic acids is 3. The summed E-state index contributed by atoms with van der Waals surface area (Å²) in [6, 6.07) is 0. The van der Waals surface area contributed by atoms with E-state index in [1.807, 2.05) is 26.2 Å². The number of unbranched alkanes of at least 4 members (excludes halogenated alkanes) is 16. The molecule has 0 aliphatic rings. The summed E-state index contributed by atoms with van der Waals surface area (Å²) >= 11 is 1.58. The van der Waals surface area contributed by atoms with Crippen molar-refractivity contribution in [1.82, 2.24) is 4.90 Å². The van der Waals surface area contributed by atoms with E-state index in [0.717, 1.165) is 95.8 Å². The smallest absolute Gasteiger partial charge is 0.316 e. The number of allylic oxidation sites excluding steroid dienone is 2. The van der Waals surface area contributed by atoms with Crippen LogP contribution in [0.5, 0.6) is 0 Å². The van der Waals surface area contributed by atoms with Gasteiger partial charge in [0.2, 0.25) is 0 Å². The molecule has 0 fully saturated rings. The van der Waals surface area contributed by atoms with Crippen LogP contribution in [0.1, 0.15) is 168 Å². The summed E-state index contributed by atoms with van der Waals surface area (Å²) in [5.41, 5.74) is 0. The van der Waals surface area contributed by atoms with Crippen LogP contribution in [0, 0.1) is 0 Å². The number of carbonyl (C=O) groups is 3. The monoisotopic (exact) mass is 696 g/mol. The number of nitrogens with zero attached hydrogens (tertiary/aromatic N) is 1. The molecule has 0 amide bonds. The molecule has 7 nitrogen and oxygen atoms in total. The van der Waals surface area contributed by atoms with E-state index in [1.54, 1.807) is 11.8 Å². The molecule has 0 atom stereocenters. The van der Waals surface area contributed by atoms with E-state index in [9.17, 15) is 14.4 Å². The van der Waals surface area contributed by atoms with E-state index in [1.165, 1.54) is 51.4 Å². The lowest BCUT2D eigenvalue weighted by Gasteiger charge is -2.18. The van der Waals surface area contributed by atoms with Gasteiger partial charge in [0.15, 0.2) is 0 Å². The van der Waals surface area contributed by atoms with Crippen molar-refractivity contribution in [3.8, 4) is 0 Å². The van der Waals surface area contributed by atoms with Gasteiger partial charge >= 0.3 is 17.9 Å². The Balaban J connectivity index is 4.11. The van der Waals surface area contributed by atoms with Gasteiger partial charge in [-0.25, -0.2) is 0 Å². The van der Waals surface area contributed by atoms with Crippen LogP contribution in [0.2, 0.25) is 0 Å². The van der Waals surface area contributed by atoms with Crippen LogP contribution in [-0.2, 0) is 28.6 Å². The number of thioether (sulfide) groups is 1. The highest BCUT2D eigenvalue weighted by atomic mass is 32.2. The van der Waals surface area contributed by atoms with Crippen LogP contribution in [0.15, 0.2) is 24.3 Å². The molecule has 280 valence electrons. The van der Waals surface area contributed by atoms with Crippen molar-refractivity contribution in [2.45, 2.75) is 174 Å². The lowest BCUT2D eigenvalue weighted by molar-refractivity contribution is -0.146. The quantitative estimate of drug-likeness (QED) is 0.0213. The Morgan fingerprint density at radius 2 is 1.00 bits per heavy atom. The fourth-order valence-corrected chi connectivity index (χ4v) is 6.00. The first-order valence-electron chi connectivity index (χ1n) is 19.4. The maximum atomic E-state index is 12.5. The number of hydrogen-bond donors (Lipinski definition) is 0. The lowest BCUT2D eigenvalue weighted by atomic mass is 10.0. The van der Waals surface area contributed by atoms with E-state index in [4.69, 9.17) is 14.2 Å². The van der Waals surface area contributed by atoms with Crippen molar-refractivity contribution in [3.63, 3.8) is 0 Å². The molecule has 0 aliphatic heterocycles. The molecule has 0 N–H and O–H groups in total. The van der Waals surface area contributed by atoms with E-state index in [2.05, 4.69) is 30.9 Å². The van der Waals surface area contributed by atoms with E-state index < -0.39 is 0 Å². The number of rotatable bonds is 35. The maximum Gasteiger partial charge on any atom is 0.316 e. The Kier molecular flexibility index (Phi) is 35.1. The lowest BCUT2D eigenvalue weighted by Crippen LogP contribution is -2.21. The molecule has 0 saturated carbocycles. The van der Waals surface area contributed by atoms with Crippen molar-refractivity contribution in [2.75, 3.05) is 38.9 Å². The minimum atomic E-state index is -0.124. The van der Waals surface area contributed by atoms with Gasteiger partial charge in [-0.05, 0) is 78.3 Å². The molecule has 0 bridgehead atoms. The average molecular weight is 696 g/mol. The summed E-state index contributed by atoms with van der Waals surface area (Å²) in [4.78, 5) is 38.5. The molecular formula is C40H73NO6S. The Morgan fingerprint density at radius 3 is 1.46 bits per heavy atom. The summed E-state index contributed by atoms with van der Waals surface area (Å²) in [5.74, 6) is 0.833. The first kappa shape index (κ1) is 46.2. The molecule has 0 heterocycles. The molecule has 0 rings (SSSR count). The standard InChI is InChI=1S/C40H73NO6S/c1-5-7-9-11-13-21-27-33-45-38(42)31-25-19-15-17-23-29-37(47-40(44)35-48-36-41(3)4)30-24-18-16-20-26-32-39(43)46-34-28-22-14-12-10-8-6-2/h21-22,27-28,37H,5-20,23-26,29-36H2,1-4H3/b27-21-,28-22-. The van der Waals surface area contributed by atoms with Crippen molar-refractivity contribution >= 4 is 29.7 Å². The highest BCUT2D eigenvalue weighted by Crippen LogP contribution is 2.18. The van der Waals surface area contributed by atoms with Crippen molar-refractivity contribution in [3.05, 3.63) is 24.3 Å². The molecule has 0 aromatic rings. The van der Waals surface area contributed by atoms with Crippen LogP contribution in [0.3, 0.4) is 0 Å². The van der Waals surface area contributed by atoms with E-state index in [-0.39, 0.29) is 24.0 Å². The maximum absolute atomic E-state index is 12.5. The van der Waals surface area contributed by atoms with Gasteiger partial charge in [-0.2, -0.15) is 0 Å². The van der Waals surface area contributed by atoms with Crippen molar-refractivity contribution in [2.24, 2.45) is 0 Å². The first-order chi connectivity index (χ1) is 23.4. The summed E-state index contributed by atoms with van der Waals surface area (Å²) in [5, 5.41) is 0. The third kappa shape index (κ3) is 35.5. The molecule has 0 saturated heterocycles. The summed E-state index contributed by atoms with van der Waals surface area (Å²) in [6.45, 7) is 5.19. The fraction of sp³-hybridized carbons (Fsp3) is 0.825. The molecule has 0 spiro atoms. The zero-order valence-corrected chi connectivity index (χ0v) is 32.3. The Bertz CT molecular complexity index is 764. The number of ether oxygens (including phenoxy) is 3. The van der Waals surface area contributed by atoms with Crippen LogP contribution in [0.4, 0.5) is 0 Å². The minimum absolute atomic E-state index is 0.0400. The number of hydrogen-bond acceptors (Lipinski definition) is 8. The van der Waals surface area contributed by atoms with Gasteiger partial charge in [-0.1, -0.05) is 115 Å². The van der Waals surface area contributed by atoms with Gasteiger partial charge in [0.25, 0.3) is 0 Å². The van der Waals surface area contributed by atoms with E-state index in [0.29, 0.717) is 31.8 Å². The van der Waals surface area contributed by atoms with Crippen molar-refractivity contribution < 1.29 is 28.6 Å². The Morgan fingerprint density at radius 1 is 0.562 bits per heavy atom. The van der Waals surface area contributed by atoms with Gasteiger partial charge in [-0.15, -0.1) is 11.8 Å². The first-order valence-corrected chi connectivity index (χ1v) is 20.6. The summed E-state index contributed by atoms with van der Waals surface area (Å²) in [6.07, 6.45) is 33.0. The van der Waals surface area contributed by atoms with E-state index >= 15 is 0 Å². The Labute approximate surface area is 299 Å². The molecular weight excluding hydrogens is 623 g/mol. The molecule has 8 heteroatoms. The predicted molar refractivity (Wildman–Crippen MR) is 203 cm³/mol. The van der Waals surface area contributed by atoms with Gasteiger partial charge in [0.1, 0.15) is 19.3 Å². The molecule has 0 aromatic heterocycles. The highest BCUT2D eigenvalue weighted by Gasteiger charge is 2.15. The number of esters is 3. The highest BCUT2D eigenvalue weighted by molar-refractivity contribution is 7.99. The van der Waals surface area contributed by atoms with Gasteiger partial charge in [-0.3, -0.25) is 14.4 Å². The zero-order valence-electron chi connectivity index (χ0n) is 31.5. The summed E-state index contributed by atoms with van der Waals surface area (Å²) in [7, 11) is 3.99. The van der Waals surface area contributed by atoms with Crippen LogP contribution in [0.25, 0.3) is 0 Å². The normalized spacial score (nSPS) is 11.7. The third-order valence-electron chi connectivity index (χ3n) is 8.14. The van der Waals surface area contributed by atoms with Gasteiger partial charge in [0, 0.05) is 18.7 Å². The van der Waals surface area contributed by atoms with Gasteiger partial charge in [0.05, 0.1) is 5.75 Å². The second kappa shape index (κ2) is 36.5. The largest absolute Gasteiger partial charge is 0.462 e.